The molecule has 0 fully saturated rings. The number of rotatable bonds is 2. The maximum Gasteiger partial charge on any atom is 0.123 e. The summed E-state index contributed by atoms with van der Waals surface area (Å²) >= 11 is 0. The summed E-state index contributed by atoms with van der Waals surface area (Å²) in [5.74, 6) is 1.04. The Bertz CT molecular complexity index is 589. The molecule has 1 aliphatic rings. The largest absolute Gasteiger partial charge is 0.492 e. The minimum absolute atomic E-state index is 0.766. The third-order valence-electron chi connectivity index (χ3n) is 3.80. The molecule has 2 heteroatoms. The van der Waals surface area contributed by atoms with Gasteiger partial charge in [0.25, 0.3) is 0 Å². The van der Waals surface area contributed by atoms with E-state index in [2.05, 4.69) is 61.2 Å². The van der Waals surface area contributed by atoms with E-state index in [-0.39, 0.29) is 0 Å². The van der Waals surface area contributed by atoms with Gasteiger partial charge in [-0.2, -0.15) is 0 Å². The van der Waals surface area contributed by atoms with Crippen LogP contribution < -0.4 is 4.74 Å². The second kappa shape index (κ2) is 5.68. The van der Waals surface area contributed by atoms with Gasteiger partial charge in [-0.1, -0.05) is 47.5 Å². The molecule has 0 saturated heterocycles. The molecule has 104 valence electrons. The molecule has 0 N–H and O–H groups in total. The Morgan fingerprint density at radius 3 is 2.55 bits per heavy atom. The van der Waals surface area contributed by atoms with Crippen molar-refractivity contribution in [2.75, 3.05) is 13.2 Å². The first-order valence-electron chi connectivity index (χ1n) is 7.21. The summed E-state index contributed by atoms with van der Waals surface area (Å²) in [6, 6.07) is 15.3. The lowest BCUT2D eigenvalue weighted by molar-refractivity contribution is 0.219. The van der Waals surface area contributed by atoms with Crippen LogP contribution in [0.4, 0.5) is 0 Å². The first kappa shape index (κ1) is 13.2. The molecule has 1 heterocycles. The van der Waals surface area contributed by atoms with Gasteiger partial charge >= 0.3 is 0 Å². The number of hydrogen-bond acceptors (Lipinski definition) is 2. The van der Waals surface area contributed by atoms with Gasteiger partial charge in [0.1, 0.15) is 12.4 Å². The van der Waals surface area contributed by atoms with Gasteiger partial charge < -0.3 is 4.74 Å². The van der Waals surface area contributed by atoms with Crippen molar-refractivity contribution in [1.29, 1.82) is 0 Å². The number of hydrogen-bond donors (Lipinski definition) is 0. The van der Waals surface area contributed by atoms with Gasteiger partial charge in [0.05, 0.1) is 0 Å². The lowest BCUT2D eigenvalue weighted by Gasteiger charge is -2.19. The van der Waals surface area contributed by atoms with E-state index in [1.54, 1.807) is 0 Å². The fourth-order valence-corrected chi connectivity index (χ4v) is 2.66. The van der Waals surface area contributed by atoms with Crippen LogP contribution in [0.5, 0.6) is 5.75 Å². The van der Waals surface area contributed by atoms with Gasteiger partial charge in [0, 0.05) is 25.2 Å². The average Bonchev–Trinajstić information content (AvgIpc) is 2.62. The molecule has 2 aromatic rings. The minimum atomic E-state index is 0.766. The van der Waals surface area contributed by atoms with Crippen molar-refractivity contribution in [2.24, 2.45) is 0 Å². The number of fused-ring (bicyclic) bond motifs is 1. The quantitative estimate of drug-likeness (QED) is 0.822. The molecular weight excluding hydrogens is 246 g/mol. The van der Waals surface area contributed by atoms with Crippen LogP contribution in [0.3, 0.4) is 0 Å². The molecule has 3 rings (SSSR count). The van der Waals surface area contributed by atoms with Gasteiger partial charge in [-0.3, -0.25) is 4.90 Å². The molecule has 0 atom stereocenters. The predicted molar refractivity (Wildman–Crippen MR) is 82.0 cm³/mol. The topological polar surface area (TPSA) is 12.5 Å². The standard InChI is InChI=1S/C18H21NO/c1-14-3-6-16(7-4-14)12-19-9-10-20-18-8-5-15(2)11-17(18)13-19/h3-8,11H,9-10,12-13H2,1-2H3. The molecule has 0 saturated carbocycles. The fraction of sp³-hybridized carbons (Fsp3) is 0.333. The van der Waals surface area contributed by atoms with Gasteiger partial charge in [-0.25, -0.2) is 0 Å². The van der Waals surface area contributed by atoms with E-state index in [9.17, 15) is 0 Å². The van der Waals surface area contributed by atoms with E-state index >= 15 is 0 Å². The molecular formula is C18H21NO. The molecule has 2 aromatic carbocycles. The summed E-state index contributed by atoms with van der Waals surface area (Å²) in [7, 11) is 0. The molecule has 2 nitrogen and oxygen atoms in total. The number of aryl methyl sites for hydroxylation is 2. The molecule has 0 unspecified atom stereocenters. The zero-order chi connectivity index (χ0) is 13.9. The highest BCUT2D eigenvalue weighted by Gasteiger charge is 2.15. The van der Waals surface area contributed by atoms with Gasteiger partial charge in [0.2, 0.25) is 0 Å². The van der Waals surface area contributed by atoms with Crippen molar-refractivity contribution in [3.05, 3.63) is 64.7 Å². The Morgan fingerprint density at radius 2 is 1.75 bits per heavy atom. The summed E-state index contributed by atoms with van der Waals surface area (Å²) in [6.07, 6.45) is 0. The van der Waals surface area contributed by atoms with Crippen LogP contribution >= 0.6 is 0 Å². The maximum absolute atomic E-state index is 5.85. The van der Waals surface area contributed by atoms with Crippen LogP contribution in [0.1, 0.15) is 22.3 Å². The number of benzene rings is 2. The molecule has 20 heavy (non-hydrogen) atoms. The minimum Gasteiger partial charge on any atom is -0.492 e. The molecule has 0 radical (unpaired) electrons. The highest BCUT2D eigenvalue weighted by atomic mass is 16.5. The van der Waals surface area contributed by atoms with Crippen molar-refractivity contribution in [1.82, 2.24) is 4.90 Å². The summed E-state index contributed by atoms with van der Waals surface area (Å²) in [5, 5.41) is 0. The van der Waals surface area contributed by atoms with E-state index < -0.39 is 0 Å². The molecule has 0 aromatic heterocycles. The van der Waals surface area contributed by atoms with Crippen LogP contribution in [-0.4, -0.2) is 18.1 Å². The van der Waals surface area contributed by atoms with E-state index in [1.807, 2.05) is 0 Å². The van der Waals surface area contributed by atoms with Gasteiger partial charge in [0.15, 0.2) is 0 Å². The molecule has 1 aliphatic heterocycles. The van der Waals surface area contributed by atoms with Crippen molar-refractivity contribution in [2.45, 2.75) is 26.9 Å². The number of nitrogens with zero attached hydrogens (tertiary/aromatic N) is 1. The maximum atomic E-state index is 5.85. The molecule has 0 amide bonds. The second-order valence-corrected chi connectivity index (χ2v) is 5.66. The lowest BCUT2D eigenvalue weighted by Crippen LogP contribution is -2.25. The first-order valence-corrected chi connectivity index (χ1v) is 7.21. The van der Waals surface area contributed by atoms with Crippen LogP contribution in [0.15, 0.2) is 42.5 Å². The van der Waals surface area contributed by atoms with E-state index in [4.69, 9.17) is 4.74 Å². The summed E-state index contributed by atoms with van der Waals surface area (Å²) < 4.78 is 5.85. The number of ether oxygens (including phenoxy) is 1. The molecule has 0 bridgehead atoms. The van der Waals surface area contributed by atoms with Crippen LogP contribution in [0.2, 0.25) is 0 Å². The summed E-state index contributed by atoms with van der Waals surface area (Å²) in [4.78, 5) is 2.45. The SMILES string of the molecule is Cc1ccc(CN2CCOc3ccc(C)cc3C2)cc1. The van der Waals surface area contributed by atoms with E-state index in [1.165, 1.54) is 22.3 Å². The predicted octanol–water partition coefficient (Wildman–Crippen LogP) is 3.70. The van der Waals surface area contributed by atoms with Crippen molar-refractivity contribution in [3.8, 4) is 5.75 Å². The Kier molecular flexibility index (Phi) is 3.75. The van der Waals surface area contributed by atoms with Crippen molar-refractivity contribution < 1.29 is 4.74 Å². The third kappa shape index (κ3) is 3.02. The fourth-order valence-electron chi connectivity index (χ4n) is 2.66. The van der Waals surface area contributed by atoms with Crippen molar-refractivity contribution >= 4 is 0 Å². The highest BCUT2D eigenvalue weighted by molar-refractivity contribution is 5.37. The van der Waals surface area contributed by atoms with Crippen LogP contribution in [-0.2, 0) is 13.1 Å². The lowest BCUT2D eigenvalue weighted by atomic mass is 10.1. The Labute approximate surface area is 121 Å². The average molecular weight is 267 g/mol. The van der Waals surface area contributed by atoms with Crippen LogP contribution in [0.25, 0.3) is 0 Å². The normalized spacial score (nSPS) is 15.3. The molecule has 0 spiro atoms. The Balaban J connectivity index is 1.76. The Morgan fingerprint density at radius 1 is 1.00 bits per heavy atom. The van der Waals surface area contributed by atoms with E-state index in [0.29, 0.717) is 0 Å². The highest BCUT2D eigenvalue weighted by Crippen LogP contribution is 2.24. The molecule has 0 aliphatic carbocycles. The smallest absolute Gasteiger partial charge is 0.123 e. The monoisotopic (exact) mass is 267 g/mol. The van der Waals surface area contributed by atoms with Crippen LogP contribution in [0, 0.1) is 13.8 Å². The zero-order valence-electron chi connectivity index (χ0n) is 12.2. The zero-order valence-corrected chi connectivity index (χ0v) is 12.2. The third-order valence-corrected chi connectivity index (χ3v) is 3.80. The van der Waals surface area contributed by atoms with Gasteiger partial charge in [-0.15, -0.1) is 0 Å². The Hall–Kier alpha value is -1.80. The van der Waals surface area contributed by atoms with Gasteiger partial charge in [-0.05, 0) is 25.5 Å². The summed E-state index contributed by atoms with van der Waals surface area (Å²) in [5.41, 5.74) is 5.28. The first-order chi connectivity index (χ1) is 9.70. The second-order valence-electron chi connectivity index (χ2n) is 5.66. The van der Waals surface area contributed by atoms with E-state index in [0.717, 1.165) is 32.0 Å². The summed E-state index contributed by atoms with van der Waals surface area (Å²) in [6.45, 7) is 7.95. The van der Waals surface area contributed by atoms with Crippen molar-refractivity contribution in [3.63, 3.8) is 0 Å².